The summed E-state index contributed by atoms with van der Waals surface area (Å²) in [5, 5.41) is 2.18. The number of hydrogen-bond donors (Lipinski definition) is 1. The van der Waals surface area contributed by atoms with E-state index in [-0.39, 0.29) is 12.8 Å². The molecule has 0 aromatic heterocycles. The number of halogens is 4. The van der Waals surface area contributed by atoms with Crippen molar-refractivity contribution in [1.29, 1.82) is 0 Å². The molecule has 0 aliphatic rings. The number of hydrogen-bond acceptors (Lipinski definition) is 3. The van der Waals surface area contributed by atoms with Crippen molar-refractivity contribution >= 4 is 11.9 Å². The summed E-state index contributed by atoms with van der Waals surface area (Å²) in [7, 11) is 0. The monoisotopic (exact) mass is 357 g/mol. The van der Waals surface area contributed by atoms with E-state index in [0.29, 0.717) is 13.3 Å². The van der Waals surface area contributed by atoms with Crippen LogP contribution in [-0.4, -0.2) is 36.4 Å². The van der Waals surface area contributed by atoms with Crippen LogP contribution in [0.5, 0.6) is 0 Å². The molecule has 8 heteroatoms. The zero-order chi connectivity index (χ0) is 19.2. The van der Waals surface area contributed by atoms with Crippen LogP contribution in [0.3, 0.4) is 0 Å². The first kappa shape index (κ1) is 22.7. The van der Waals surface area contributed by atoms with Gasteiger partial charge in [0.2, 0.25) is 11.8 Å². The third kappa shape index (κ3) is 7.05. The van der Waals surface area contributed by atoms with E-state index in [9.17, 15) is 27.2 Å². The first-order valence-electron chi connectivity index (χ1n) is 8.01. The zero-order valence-electron chi connectivity index (χ0n) is 14.8. The first-order chi connectivity index (χ1) is 10.8. The van der Waals surface area contributed by atoms with Crippen molar-refractivity contribution in [3.63, 3.8) is 0 Å². The Morgan fingerprint density at radius 3 is 2.04 bits per heavy atom. The standard InChI is InChI=1S/C16H27F4NO3/c1-6-11(21-12(22)14(3,4)7-2)16(19,20)13(23)24-10-8-9-15(5,17)18/h11H,6-10H2,1-5H3,(H,21,22). The molecule has 0 saturated heterocycles. The van der Waals surface area contributed by atoms with Gasteiger partial charge in [0, 0.05) is 11.8 Å². The summed E-state index contributed by atoms with van der Waals surface area (Å²) in [6.45, 7) is 6.54. The molecule has 1 amide bonds. The van der Waals surface area contributed by atoms with Crippen molar-refractivity contribution in [3.8, 4) is 0 Å². The van der Waals surface area contributed by atoms with E-state index in [2.05, 4.69) is 10.1 Å². The number of carbonyl (C=O) groups excluding carboxylic acids is 2. The van der Waals surface area contributed by atoms with Gasteiger partial charge in [-0.15, -0.1) is 0 Å². The van der Waals surface area contributed by atoms with Crippen molar-refractivity contribution in [2.75, 3.05) is 6.61 Å². The van der Waals surface area contributed by atoms with E-state index in [0.717, 1.165) is 0 Å². The Morgan fingerprint density at radius 2 is 1.62 bits per heavy atom. The first-order valence-corrected chi connectivity index (χ1v) is 8.01. The molecule has 0 aliphatic heterocycles. The van der Waals surface area contributed by atoms with Crippen LogP contribution in [0.4, 0.5) is 17.6 Å². The maximum atomic E-state index is 14.2. The summed E-state index contributed by atoms with van der Waals surface area (Å²) < 4.78 is 58.0. The van der Waals surface area contributed by atoms with Crippen molar-refractivity contribution < 1.29 is 31.9 Å². The molecule has 1 atom stereocenters. The normalized spacial score (nSPS) is 14.2. The van der Waals surface area contributed by atoms with Crippen LogP contribution in [0.2, 0.25) is 0 Å². The Labute approximate surface area is 140 Å². The molecule has 0 fully saturated rings. The van der Waals surface area contributed by atoms with Gasteiger partial charge in [0.25, 0.3) is 0 Å². The Bertz CT molecular complexity index is 434. The van der Waals surface area contributed by atoms with Crippen LogP contribution in [-0.2, 0) is 14.3 Å². The SMILES string of the molecule is CCC(NC(=O)C(C)(C)CC)C(F)(F)C(=O)OCCCC(C)(F)F. The zero-order valence-corrected chi connectivity index (χ0v) is 14.8. The minimum Gasteiger partial charge on any atom is -0.461 e. The highest BCUT2D eigenvalue weighted by Crippen LogP contribution is 2.26. The number of amides is 1. The molecule has 24 heavy (non-hydrogen) atoms. The summed E-state index contributed by atoms with van der Waals surface area (Å²) in [5.74, 6) is -9.28. The molecule has 0 rings (SSSR count). The second kappa shape index (κ2) is 8.67. The predicted molar refractivity (Wildman–Crippen MR) is 82.1 cm³/mol. The fourth-order valence-corrected chi connectivity index (χ4v) is 1.75. The van der Waals surface area contributed by atoms with Gasteiger partial charge in [-0.1, -0.05) is 27.7 Å². The highest BCUT2D eigenvalue weighted by molar-refractivity contribution is 5.84. The Morgan fingerprint density at radius 1 is 1.08 bits per heavy atom. The lowest BCUT2D eigenvalue weighted by atomic mass is 9.88. The fraction of sp³-hybridized carbons (Fsp3) is 0.875. The molecule has 0 saturated carbocycles. The van der Waals surface area contributed by atoms with E-state index >= 15 is 0 Å². The third-order valence-corrected chi connectivity index (χ3v) is 3.92. The number of esters is 1. The highest BCUT2D eigenvalue weighted by Gasteiger charge is 2.49. The average Bonchev–Trinajstić information content (AvgIpc) is 2.47. The molecule has 1 N–H and O–H groups in total. The van der Waals surface area contributed by atoms with E-state index in [4.69, 9.17) is 0 Å². The molecule has 4 nitrogen and oxygen atoms in total. The second-order valence-electron chi connectivity index (χ2n) is 6.60. The highest BCUT2D eigenvalue weighted by atomic mass is 19.3. The number of ether oxygens (including phenoxy) is 1. The van der Waals surface area contributed by atoms with Gasteiger partial charge in [0.1, 0.15) is 6.04 Å². The summed E-state index contributed by atoms with van der Waals surface area (Å²) in [5.41, 5.74) is -0.847. The van der Waals surface area contributed by atoms with Gasteiger partial charge in [-0.25, -0.2) is 13.6 Å². The predicted octanol–water partition coefficient (Wildman–Crippen LogP) is 3.93. The Hall–Kier alpha value is -1.34. The third-order valence-electron chi connectivity index (χ3n) is 3.92. The van der Waals surface area contributed by atoms with Gasteiger partial charge in [-0.05, 0) is 26.2 Å². The average molecular weight is 357 g/mol. The van der Waals surface area contributed by atoms with Crippen LogP contribution < -0.4 is 5.32 Å². The second-order valence-corrected chi connectivity index (χ2v) is 6.60. The van der Waals surface area contributed by atoms with Crippen molar-refractivity contribution in [2.24, 2.45) is 5.41 Å². The number of rotatable bonds is 10. The van der Waals surface area contributed by atoms with E-state index < -0.39 is 48.2 Å². The molecular formula is C16H27F4NO3. The molecule has 0 aromatic rings. The molecule has 0 aliphatic carbocycles. The number of nitrogens with one attached hydrogen (secondary N) is 1. The quantitative estimate of drug-likeness (QED) is 0.366. The molecular weight excluding hydrogens is 330 g/mol. The summed E-state index contributed by atoms with van der Waals surface area (Å²) in [4.78, 5) is 23.6. The van der Waals surface area contributed by atoms with Crippen LogP contribution in [0.15, 0.2) is 0 Å². The van der Waals surface area contributed by atoms with Crippen LogP contribution in [0.25, 0.3) is 0 Å². The minimum atomic E-state index is -3.93. The molecule has 0 aromatic carbocycles. The van der Waals surface area contributed by atoms with Crippen molar-refractivity contribution in [3.05, 3.63) is 0 Å². The summed E-state index contributed by atoms with van der Waals surface area (Å²) >= 11 is 0. The smallest absolute Gasteiger partial charge is 0.379 e. The van der Waals surface area contributed by atoms with Gasteiger partial charge in [0.05, 0.1) is 6.61 Å². The lowest BCUT2D eigenvalue weighted by Gasteiger charge is -2.29. The largest absolute Gasteiger partial charge is 0.461 e. The van der Waals surface area contributed by atoms with Crippen LogP contribution >= 0.6 is 0 Å². The summed E-state index contributed by atoms with van der Waals surface area (Å²) in [6, 6.07) is -1.71. The van der Waals surface area contributed by atoms with Gasteiger partial charge in [-0.2, -0.15) is 8.78 Å². The number of carbonyl (C=O) groups is 2. The van der Waals surface area contributed by atoms with Gasteiger partial charge < -0.3 is 10.1 Å². The van der Waals surface area contributed by atoms with Gasteiger partial charge >= 0.3 is 11.9 Å². The minimum absolute atomic E-state index is 0.180. The van der Waals surface area contributed by atoms with Gasteiger partial charge in [0.15, 0.2) is 0 Å². The lowest BCUT2D eigenvalue weighted by Crippen LogP contribution is -2.54. The maximum absolute atomic E-state index is 14.2. The topological polar surface area (TPSA) is 55.4 Å². The van der Waals surface area contributed by atoms with Crippen molar-refractivity contribution in [2.45, 2.75) is 78.2 Å². The fourth-order valence-electron chi connectivity index (χ4n) is 1.75. The number of alkyl halides is 4. The maximum Gasteiger partial charge on any atom is 0.379 e. The Balaban J connectivity index is 4.73. The Kier molecular flexibility index (Phi) is 8.18. The molecule has 0 bridgehead atoms. The molecule has 1 unspecified atom stereocenters. The van der Waals surface area contributed by atoms with Gasteiger partial charge in [-0.3, -0.25) is 4.79 Å². The van der Waals surface area contributed by atoms with E-state index in [1.807, 2.05) is 0 Å². The summed E-state index contributed by atoms with van der Waals surface area (Å²) in [6.07, 6.45) is -0.529. The van der Waals surface area contributed by atoms with E-state index in [1.165, 1.54) is 6.92 Å². The van der Waals surface area contributed by atoms with Crippen molar-refractivity contribution in [1.82, 2.24) is 5.32 Å². The lowest BCUT2D eigenvalue weighted by molar-refractivity contribution is -0.178. The molecule has 0 spiro atoms. The van der Waals surface area contributed by atoms with E-state index in [1.54, 1.807) is 20.8 Å². The van der Waals surface area contributed by atoms with Crippen LogP contribution in [0.1, 0.15) is 60.3 Å². The molecule has 0 radical (unpaired) electrons. The molecule has 142 valence electrons. The molecule has 0 heterocycles. The van der Waals surface area contributed by atoms with Crippen LogP contribution in [0, 0.1) is 5.41 Å².